The van der Waals surface area contributed by atoms with Gasteiger partial charge in [0.15, 0.2) is 5.58 Å². The second kappa shape index (κ2) is 11.3. The zero-order valence-electron chi connectivity index (χ0n) is 28.5. The van der Waals surface area contributed by atoms with Gasteiger partial charge in [0.25, 0.3) is 0 Å². The second-order valence-corrected chi connectivity index (χ2v) is 14.0. The van der Waals surface area contributed by atoms with Gasteiger partial charge in [-0.15, -0.1) is 0 Å². The molecule has 242 valence electrons. The van der Waals surface area contributed by atoms with E-state index in [0.29, 0.717) is 0 Å². The molecule has 7 aromatic carbocycles. The Bertz CT molecular complexity index is 2780. The van der Waals surface area contributed by atoms with Crippen LogP contribution in [-0.4, -0.2) is 4.98 Å². The Labute approximate surface area is 297 Å². The highest BCUT2D eigenvalue weighted by Crippen LogP contribution is 2.50. The molecule has 0 unspecified atom stereocenters. The fraction of sp³-hybridized carbons (Fsp3) is 0.0625. The summed E-state index contributed by atoms with van der Waals surface area (Å²) in [5.74, 6) is 0. The molecule has 0 amide bonds. The van der Waals surface area contributed by atoms with Crippen molar-refractivity contribution in [1.82, 2.24) is 4.98 Å². The van der Waals surface area contributed by atoms with Crippen LogP contribution in [0.15, 0.2) is 174 Å². The Morgan fingerprint density at radius 1 is 0.471 bits per heavy atom. The predicted molar refractivity (Wildman–Crippen MR) is 212 cm³/mol. The highest BCUT2D eigenvalue weighted by atomic mass is 16.3. The Morgan fingerprint density at radius 3 is 2.02 bits per heavy atom. The summed E-state index contributed by atoms with van der Waals surface area (Å²) in [5, 5.41) is 3.33. The number of benzene rings is 7. The molecule has 9 aromatic rings. The maximum absolute atomic E-state index is 6.12. The van der Waals surface area contributed by atoms with Crippen LogP contribution in [0.1, 0.15) is 25.0 Å². The van der Waals surface area contributed by atoms with E-state index in [9.17, 15) is 0 Å². The molecule has 10 rings (SSSR count). The van der Waals surface area contributed by atoms with Gasteiger partial charge < -0.3 is 9.32 Å². The average Bonchev–Trinajstić information content (AvgIpc) is 3.68. The van der Waals surface area contributed by atoms with Gasteiger partial charge in [-0.1, -0.05) is 129 Å². The van der Waals surface area contributed by atoms with Crippen LogP contribution in [0.3, 0.4) is 0 Å². The van der Waals surface area contributed by atoms with Crippen LogP contribution < -0.4 is 4.90 Å². The number of fused-ring (bicyclic) bond motifs is 8. The predicted octanol–water partition coefficient (Wildman–Crippen LogP) is 13.2. The van der Waals surface area contributed by atoms with Crippen molar-refractivity contribution in [2.45, 2.75) is 19.3 Å². The number of hydrogen-bond acceptors (Lipinski definition) is 3. The van der Waals surface area contributed by atoms with Crippen molar-refractivity contribution >= 4 is 49.9 Å². The summed E-state index contributed by atoms with van der Waals surface area (Å²) in [6, 6.07) is 59.0. The molecule has 0 spiro atoms. The maximum Gasteiger partial charge on any atom is 0.154 e. The van der Waals surface area contributed by atoms with Crippen molar-refractivity contribution in [3.63, 3.8) is 0 Å². The van der Waals surface area contributed by atoms with Gasteiger partial charge in [0, 0.05) is 38.6 Å². The van der Waals surface area contributed by atoms with E-state index in [0.717, 1.165) is 61.0 Å². The van der Waals surface area contributed by atoms with Crippen molar-refractivity contribution in [2.75, 3.05) is 4.90 Å². The van der Waals surface area contributed by atoms with Gasteiger partial charge in [0.1, 0.15) is 5.58 Å². The molecule has 0 fully saturated rings. The minimum atomic E-state index is -0.101. The Balaban J connectivity index is 1.10. The van der Waals surface area contributed by atoms with Crippen molar-refractivity contribution in [1.29, 1.82) is 0 Å². The minimum absolute atomic E-state index is 0.101. The van der Waals surface area contributed by atoms with Gasteiger partial charge in [0.2, 0.25) is 0 Å². The molecular formula is C48H34N2O. The zero-order valence-corrected chi connectivity index (χ0v) is 28.5. The number of pyridine rings is 1. The van der Waals surface area contributed by atoms with E-state index < -0.39 is 0 Å². The third-order valence-corrected chi connectivity index (χ3v) is 10.7. The third-order valence-electron chi connectivity index (χ3n) is 10.7. The lowest BCUT2D eigenvalue weighted by atomic mass is 9.82. The number of para-hydroxylation sites is 1. The van der Waals surface area contributed by atoms with E-state index in [1.165, 1.54) is 33.4 Å². The van der Waals surface area contributed by atoms with E-state index >= 15 is 0 Å². The van der Waals surface area contributed by atoms with Crippen LogP contribution in [0.25, 0.3) is 66.2 Å². The number of hydrogen-bond donors (Lipinski definition) is 0. The molecule has 0 saturated heterocycles. The molecule has 1 aliphatic carbocycles. The Hall–Kier alpha value is -6.45. The van der Waals surface area contributed by atoms with Crippen LogP contribution in [-0.2, 0) is 5.41 Å². The summed E-state index contributed by atoms with van der Waals surface area (Å²) in [5.41, 5.74) is 15.9. The van der Waals surface area contributed by atoms with Crippen LogP contribution in [0.5, 0.6) is 0 Å². The van der Waals surface area contributed by atoms with Crippen LogP contribution in [0, 0.1) is 0 Å². The molecule has 2 heterocycles. The lowest BCUT2D eigenvalue weighted by Gasteiger charge is -2.28. The largest absolute Gasteiger partial charge is 0.454 e. The van der Waals surface area contributed by atoms with Gasteiger partial charge in [-0.2, -0.15) is 0 Å². The first-order chi connectivity index (χ1) is 25.0. The molecule has 51 heavy (non-hydrogen) atoms. The molecule has 0 N–H and O–H groups in total. The topological polar surface area (TPSA) is 29.3 Å². The first-order valence-corrected chi connectivity index (χ1v) is 17.5. The molecular weight excluding hydrogens is 621 g/mol. The van der Waals surface area contributed by atoms with Crippen molar-refractivity contribution < 1.29 is 4.42 Å². The van der Waals surface area contributed by atoms with Gasteiger partial charge >= 0.3 is 0 Å². The lowest BCUT2D eigenvalue weighted by Crippen LogP contribution is -2.16. The minimum Gasteiger partial charge on any atom is -0.454 e. The lowest BCUT2D eigenvalue weighted by molar-refractivity contribution is 0.660. The van der Waals surface area contributed by atoms with Crippen molar-refractivity contribution in [2.24, 2.45) is 0 Å². The smallest absolute Gasteiger partial charge is 0.154 e. The molecule has 0 bridgehead atoms. The van der Waals surface area contributed by atoms with E-state index in [-0.39, 0.29) is 5.41 Å². The molecule has 3 nitrogen and oxygen atoms in total. The number of aromatic nitrogens is 1. The highest BCUT2D eigenvalue weighted by Gasteiger charge is 2.35. The van der Waals surface area contributed by atoms with Crippen molar-refractivity contribution in [3.8, 4) is 33.4 Å². The fourth-order valence-corrected chi connectivity index (χ4v) is 8.13. The van der Waals surface area contributed by atoms with Gasteiger partial charge in [-0.05, 0) is 93.0 Å². The molecule has 3 heteroatoms. The van der Waals surface area contributed by atoms with E-state index in [2.05, 4.69) is 170 Å². The summed E-state index contributed by atoms with van der Waals surface area (Å²) >= 11 is 0. The average molecular weight is 655 g/mol. The van der Waals surface area contributed by atoms with Gasteiger partial charge in [-0.25, -0.2) is 0 Å². The SMILES string of the molecule is CC1(C)c2ccccc2-c2ccc(N(c3ccc(-c4ccccc4)cc3)c3cccc(-c4ccc5c(c4)ncc4oc6ccccc6c45)c3)cc21. The molecule has 0 saturated carbocycles. The highest BCUT2D eigenvalue weighted by molar-refractivity contribution is 6.18. The second-order valence-electron chi connectivity index (χ2n) is 14.0. The molecule has 0 aliphatic heterocycles. The van der Waals surface area contributed by atoms with E-state index in [1.807, 2.05) is 18.3 Å². The third kappa shape index (κ3) is 4.69. The number of nitrogens with zero attached hydrogens (tertiary/aromatic N) is 2. The van der Waals surface area contributed by atoms with Crippen LogP contribution in [0.4, 0.5) is 17.1 Å². The Kier molecular flexibility index (Phi) is 6.53. The monoisotopic (exact) mass is 654 g/mol. The van der Waals surface area contributed by atoms with Crippen LogP contribution in [0.2, 0.25) is 0 Å². The summed E-state index contributed by atoms with van der Waals surface area (Å²) in [6.45, 7) is 4.68. The van der Waals surface area contributed by atoms with E-state index in [1.54, 1.807) is 0 Å². The fourth-order valence-electron chi connectivity index (χ4n) is 8.13. The normalized spacial score (nSPS) is 13.1. The molecule has 2 aromatic heterocycles. The number of rotatable bonds is 5. The molecule has 0 atom stereocenters. The number of furan rings is 1. The first-order valence-electron chi connectivity index (χ1n) is 17.5. The molecule has 0 radical (unpaired) electrons. The summed E-state index contributed by atoms with van der Waals surface area (Å²) in [6.07, 6.45) is 1.85. The Morgan fingerprint density at radius 2 is 1.14 bits per heavy atom. The summed E-state index contributed by atoms with van der Waals surface area (Å²) in [4.78, 5) is 7.22. The number of anilines is 3. The zero-order chi connectivity index (χ0) is 34.1. The van der Waals surface area contributed by atoms with Crippen molar-refractivity contribution in [3.05, 3.63) is 181 Å². The maximum atomic E-state index is 6.12. The quantitative estimate of drug-likeness (QED) is 0.185. The first kappa shape index (κ1) is 29.5. The van der Waals surface area contributed by atoms with Gasteiger partial charge in [-0.3, -0.25) is 4.98 Å². The van der Waals surface area contributed by atoms with E-state index in [4.69, 9.17) is 9.40 Å². The summed E-state index contributed by atoms with van der Waals surface area (Å²) in [7, 11) is 0. The van der Waals surface area contributed by atoms with Gasteiger partial charge in [0.05, 0.1) is 11.7 Å². The molecule has 1 aliphatic rings. The summed E-state index contributed by atoms with van der Waals surface area (Å²) < 4.78 is 6.12. The van der Waals surface area contributed by atoms with Crippen LogP contribution >= 0.6 is 0 Å². The standard InChI is InChI=1S/C48H34N2O/c1-48(2)42-17-8-6-15-38(42)39-26-24-37(29-43(39)48)50(35-22-19-32(20-23-35)31-11-4-3-5-12-31)36-14-10-13-33(27-36)34-21-25-40-44(28-34)49-30-46-47(40)41-16-7-9-18-45(41)51-46/h3-30H,1-2H3.